The van der Waals surface area contributed by atoms with Crippen LogP contribution in [-0.4, -0.2) is 23.3 Å². The van der Waals surface area contributed by atoms with Crippen molar-refractivity contribution < 1.29 is 14.6 Å². The number of fused-ring (bicyclic) bond motifs is 1. The second-order valence-electron chi connectivity index (χ2n) is 3.89. The van der Waals surface area contributed by atoms with Crippen molar-refractivity contribution >= 4 is 5.97 Å². The molecule has 0 radical (unpaired) electrons. The normalized spacial score (nSPS) is 38.2. The largest absolute Gasteiger partial charge is 0.478 e. The highest BCUT2D eigenvalue weighted by Crippen LogP contribution is 2.41. The SMILES string of the molecule is CC(=CC1CCCC2OC12)C(=O)O. The number of aliphatic carboxylic acids is 1. The minimum Gasteiger partial charge on any atom is -0.478 e. The number of rotatable bonds is 2. The van der Waals surface area contributed by atoms with Crippen molar-refractivity contribution in [3.63, 3.8) is 0 Å². The lowest BCUT2D eigenvalue weighted by atomic mass is 9.88. The lowest BCUT2D eigenvalue weighted by Crippen LogP contribution is -2.15. The summed E-state index contributed by atoms with van der Waals surface area (Å²) in [6, 6.07) is 0. The summed E-state index contributed by atoms with van der Waals surface area (Å²) in [5.74, 6) is -0.474. The van der Waals surface area contributed by atoms with Gasteiger partial charge in [-0.3, -0.25) is 0 Å². The molecule has 3 unspecified atom stereocenters. The maximum atomic E-state index is 10.6. The molecule has 3 heteroatoms. The van der Waals surface area contributed by atoms with Gasteiger partial charge in [-0.15, -0.1) is 0 Å². The second kappa shape index (κ2) is 3.14. The molecular weight excluding hydrogens is 168 g/mol. The Morgan fingerprint density at radius 1 is 1.54 bits per heavy atom. The molecule has 72 valence electrons. The summed E-state index contributed by atoms with van der Waals surface area (Å²) in [4.78, 5) is 10.6. The summed E-state index contributed by atoms with van der Waals surface area (Å²) >= 11 is 0. The van der Waals surface area contributed by atoms with E-state index in [2.05, 4.69) is 0 Å². The van der Waals surface area contributed by atoms with Gasteiger partial charge < -0.3 is 9.84 Å². The number of carboxylic acid groups (broad SMARTS) is 1. The van der Waals surface area contributed by atoms with Gasteiger partial charge in [0, 0.05) is 11.5 Å². The fourth-order valence-electron chi connectivity index (χ4n) is 2.05. The third kappa shape index (κ3) is 1.75. The van der Waals surface area contributed by atoms with Gasteiger partial charge in [-0.2, -0.15) is 0 Å². The van der Waals surface area contributed by atoms with Crippen LogP contribution in [0, 0.1) is 5.92 Å². The quantitative estimate of drug-likeness (QED) is 0.521. The Kier molecular flexibility index (Phi) is 2.12. The molecule has 0 amide bonds. The van der Waals surface area contributed by atoms with E-state index in [1.165, 1.54) is 0 Å². The molecule has 1 heterocycles. The van der Waals surface area contributed by atoms with E-state index in [0.717, 1.165) is 19.3 Å². The Hall–Kier alpha value is -0.830. The fraction of sp³-hybridized carbons (Fsp3) is 0.700. The number of ether oxygens (including phenoxy) is 1. The molecule has 2 rings (SSSR count). The second-order valence-corrected chi connectivity index (χ2v) is 3.89. The Labute approximate surface area is 77.4 Å². The fourth-order valence-corrected chi connectivity index (χ4v) is 2.05. The van der Waals surface area contributed by atoms with E-state index in [0.29, 0.717) is 23.7 Å². The molecule has 1 aliphatic carbocycles. The monoisotopic (exact) mass is 182 g/mol. The maximum Gasteiger partial charge on any atom is 0.330 e. The third-order valence-electron chi connectivity index (χ3n) is 2.87. The van der Waals surface area contributed by atoms with E-state index < -0.39 is 5.97 Å². The number of hydrogen-bond donors (Lipinski definition) is 1. The minimum atomic E-state index is -0.817. The molecule has 0 bridgehead atoms. The van der Waals surface area contributed by atoms with Crippen LogP contribution in [0.2, 0.25) is 0 Å². The van der Waals surface area contributed by atoms with Crippen LogP contribution >= 0.6 is 0 Å². The number of epoxide rings is 1. The third-order valence-corrected chi connectivity index (χ3v) is 2.87. The molecule has 3 nitrogen and oxygen atoms in total. The van der Waals surface area contributed by atoms with Crippen molar-refractivity contribution in [2.75, 3.05) is 0 Å². The zero-order valence-corrected chi connectivity index (χ0v) is 7.69. The first kappa shape index (κ1) is 8.75. The molecule has 13 heavy (non-hydrogen) atoms. The number of hydrogen-bond acceptors (Lipinski definition) is 2. The minimum absolute atomic E-state index is 0.322. The van der Waals surface area contributed by atoms with Crippen LogP contribution < -0.4 is 0 Å². The molecule has 0 aromatic rings. The summed E-state index contributed by atoms with van der Waals surface area (Å²) in [7, 11) is 0. The van der Waals surface area contributed by atoms with Crippen LogP contribution in [0.25, 0.3) is 0 Å². The lowest BCUT2D eigenvalue weighted by Gasteiger charge is -2.14. The predicted molar refractivity (Wildman–Crippen MR) is 47.4 cm³/mol. The molecule has 1 saturated heterocycles. The zero-order chi connectivity index (χ0) is 9.42. The van der Waals surface area contributed by atoms with Gasteiger partial charge >= 0.3 is 5.97 Å². The molecule has 2 aliphatic rings. The Morgan fingerprint density at radius 3 is 3.00 bits per heavy atom. The smallest absolute Gasteiger partial charge is 0.330 e. The molecule has 1 saturated carbocycles. The highest BCUT2D eigenvalue weighted by Gasteiger charge is 2.46. The standard InChI is InChI=1S/C10H14O3/c1-6(10(11)12)5-7-3-2-4-8-9(7)13-8/h5,7-9H,2-4H2,1H3,(H,11,12). The van der Waals surface area contributed by atoms with Gasteiger partial charge in [-0.05, 0) is 19.8 Å². The van der Waals surface area contributed by atoms with Gasteiger partial charge in [-0.25, -0.2) is 4.79 Å². The van der Waals surface area contributed by atoms with E-state index in [1.807, 2.05) is 6.08 Å². The van der Waals surface area contributed by atoms with Crippen molar-refractivity contribution in [3.8, 4) is 0 Å². The lowest BCUT2D eigenvalue weighted by molar-refractivity contribution is -0.132. The van der Waals surface area contributed by atoms with E-state index in [-0.39, 0.29) is 0 Å². The zero-order valence-electron chi connectivity index (χ0n) is 7.69. The topological polar surface area (TPSA) is 49.8 Å². The number of carbonyl (C=O) groups is 1. The van der Waals surface area contributed by atoms with Crippen molar-refractivity contribution in [2.24, 2.45) is 5.92 Å². The Bertz CT molecular complexity index is 257. The molecular formula is C10H14O3. The van der Waals surface area contributed by atoms with Crippen molar-refractivity contribution in [3.05, 3.63) is 11.6 Å². The number of carboxylic acids is 1. The van der Waals surface area contributed by atoms with Gasteiger partial charge in [0.1, 0.15) is 0 Å². The molecule has 1 N–H and O–H groups in total. The van der Waals surface area contributed by atoms with Crippen molar-refractivity contribution in [1.82, 2.24) is 0 Å². The molecule has 0 spiro atoms. The average Bonchev–Trinajstić information content (AvgIpc) is 2.83. The first-order valence-electron chi connectivity index (χ1n) is 4.75. The molecule has 0 aromatic heterocycles. The Balaban J connectivity index is 2.01. The van der Waals surface area contributed by atoms with E-state index >= 15 is 0 Å². The van der Waals surface area contributed by atoms with Crippen LogP contribution in [0.5, 0.6) is 0 Å². The molecule has 0 aromatic carbocycles. The highest BCUT2D eigenvalue weighted by atomic mass is 16.6. The first-order valence-corrected chi connectivity index (χ1v) is 4.75. The van der Waals surface area contributed by atoms with Gasteiger partial charge in [0.15, 0.2) is 0 Å². The summed E-state index contributed by atoms with van der Waals surface area (Å²) in [6.07, 6.45) is 5.99. The highest BCUT2D eigenvalue weighted by molar-refractivity contribution is 5.85. The van der Waals surface area contributed by atoms with E-state index in [1.54, 1.807) is 6.92 Å². The van der Waals surface area contributed by atoms with Crippen LogP contribution in [0.3, 0.4) is 0 Å². The van der Waals surface area contributed by atoms with Gasteiger partial charge in [-0.1, -0.05) is 12.5 Å². The van der Waals surface area contributed by atoms with Crippen LogP contribution in [-0.2, 0) is 9.53 Å². The van der Waals surface area contributed by atoms with Gasteiger partial charge in [0.2, 0.25) is 0 Å². The summed E-state index contributed by atoms with van der Waals surface area (Å²) in [6.45, 7) is 1.65. The predicted octanol–water partition coefficient (Wildman–Crippen LogP) is 1.58. The van der Waals surface area contributed by atoms with Crippen LogP contribution in [0.15, 0.2) is 11.6 Å². The average molecular weight is 182 g/mol. The van der Waals surface area contributed by atoms with E-state index in [9.17, 15) is 4.79 Å². The summed E-state index contributed by atoms with van der Waals surface area (Å²) in [5, 5.41) is 8.70. The molecule has 2 fully saturated rings. The summed E-state index contributed by atoms with van der Waals surface area (Å²) < 4.78 is 5.43. The maximum absolute atomic E-state index is 10.6. The van der Waals surface area contributed by atoms with E-state index in [4.69, 9.17) is 9.84 Å². The first-order chi connectivity index (χ1) is 6.18. The van der Waals surface area contributed by atoms with Crippen molar-refractivity contribution in [2.45, 2.75) is 38.4 Å². The molecule has 3 atom stereocenters. The van der Waals surface area contributed by atoms with Crippen LogP contribution in [0.1, 0.15) is 26.2 Å². The Morgan fingerprint density at radius 2 is 2.31 bits per heavy atom. The van der Waals surface area contributed by atoms with Crippen LogP contribution in [0.4, 0.5) is 0 Å². The molecule has 1 aliphatic heterocycles. The van der Waals surface area contributed by atoms with Crippen molar-refractivity contribution in [1.29, 1.82) is 0 Å². The van der Waals surface area contributed by atoms with Gasteiger partial charge in [0.05, 0.1) is 12.2 Å². The summed E-state index contributed by atoms with van der Waals surface area (Å²) in [5.41, 5.74) is 0.446. The van der Waals surface area contributed by atoms with Gasteiger partial charge in [0.25, 0.3) is 0 Å².